The first kappa shape index (κ1) is 9.24. The third-order valence-corrected chi connectivity index (χ3v) is 2.39. The van der Waals surface area contributed by atoms with Crippen molar-refractivity contribution in [2.75, 3.05) is 18.0 Å². The van der Waals surface area contributed by atoms with E-state index < -0.39 is 5.92 Å². The first-order valence-electron chi connectivity index (χ1n) is 4.49. The van der Waals surface area contributed by atoms with E-state index in [2.05, 4.69) is 0 Å². The Morgan fingerprint density at radius 1 is 1.29 bits per heavy atom. The van der Waals surface area contributed by atoms with E-state index >= 15 is 0 Å². The van der Waals surface area contributed by atoms with E-state index in [-0.39, 0.29) is 18.7 Å². The van der Waals surface area contributed by atoms with E-state index in [1.165, 1.54) is 11.0 Å². The summed E-state index contributed by atoms with van der Waals surface area (Å²) < 4.78 is 25.8. The van der Waals surface area contributed by atoms with Crippen LogP contribution in [0.15, 0.2) is 24.3 Å². The summed E-state index contributed by atoms with van der Waals surface area (Å²) in [4.78, 5) is 1.51. The van der Waals surface area contributed by atoms with Gasteiger partial charge in [-0.1, -0.05) is 12.1 Å². The largest absolute Gasteiger partial charge is 0.506 e. The number of hydrogen-bond acceptors (Lipinski definition) is 2. The van der Waals surface area contributed by atoms with E-state index in [1.807, 2.05) is 0 Å². The second-order valence-corrected chi connectivity index (χ2v) is 3.52. The average molecular weight is 199 g/mol. The van der Waals surface area contributed by atoms with Crippen LogP contribution in [0.5, 0.6) is 5.75 Å². The highest BCUT2D eigenvalue weighted by atomic mass is 19.3. The minimum Gasteiger partial charge on any atom is -0.506 e. The zero-order chi connectivity index (χ0) is 10.2. The van der Waals surface area contributed by atoms with Gasteiger partial charge >= 0.3 is 0 Å². The van der Waals surface area contributed by atoms with Gasteiger partial charge in [-0.15, -0.1) is 0 Å². The molecule has 1 saturated heterocycles. The van der Waals surface area contributed by atoms with Gasteiger partial charge in [-0.2, -0.15) is 0 Å². The highest BCUT2D eigenvalue weighted by molar-refractivity contribution is 5.58. The van der Waals surface area contributed by atoms with Crippen LogP contribution in [0.3, 0.4) is 0 Å². The minimum absolute atomic E-state index is 0.0604. The number of halogens is 2. The predicted molar refractivity (Wildman–Crippen MR) is 49.9 cm³/mol. The average Bonchev–Trinajstić information content (AvgIpc) is 2.47. The van der Waals surface area contributed by atoms with Crippen LogP contribution in [0.4, 0.5) is 14.5 Å². The molecule has 0 bridgehead atoms. The van der Waals surface area contributed by atoms with Crippen molar-refractivity contribution in [1.82, 2.24) is 0 Å². The second-order valence-electron chi connectivity index (χ2n) is 3.52. The van der Waals surface area contributed by atoms with Gasteiger partial charge in [0.05, 0.1) is 12.2 Å². The number of hydrogen-bond donors (Lipinski definition) is 1. The Kier molecular flexibility index (Phi) is 2.06. The van der Waals surface area contributed by atoms with E-state index in [0.717, 1.165) is 0 Å². The van der Waals surface area contributed by atoms with Gasteiger partial charge in [-0.3, -0.25) is 0 Å². The summed E-state index contributed by atoms with van der Waals surface area (Å²) >= 11 is 0. The molecule has 2 rings (SSSR count). The second kappa shape index (κ2) is 3.12. The Hall–Kier alpha value is -1.32. The third kappa shape index (κ3) is 1.64. The molecule has 1 N–H and O–H groups in total. The molecular weight excluding hydrogens is 188 g/mol. The zero-order valence-electron chi connectivity index (χ0n) is 7.58. The molecule has 1 aromatic rings. The van der Waals surface area contributed by atoms with Gasteiger partial charge in [0.25, 0.3) is 5.92 Å². The fourth-order valence-corrected chi connectivity index (χ4v) is 1.67. The van der Waals surface area contributed by atoms with Crippen LogP contribution in [0.1, 0.15) is 6.42 Å². The van der Waals surface area contributed by atoms with E-state index in [0.29, 0.717) is 12.2 Å². The van der Waals surface area contributed by atoms with Gasteiger partial charge in [0.1, 0.15) is 5.75 Å². The molecule has 4 heteroatoms. The van der Waals surface area contributed by atoms with Gasteiger partial charge in [0, 0.05) is 13.0 Å². The summed E-state index contributed by atoms with van der Waals surface area (Å²) in [7, 11) is 0. The maximum Gasteiger partial charge on any atom is 0.266 e. The van der Waals surface area contributed by atoms with Crippen LogP contribution < -0.4 is 4.90 Å². The lowest BCUT2D eigenvalue weighted by Crippen LogP contribution is -2.24. The Morgan fingerprint density at radius 2 is 2.00 bits per heavy atom. The molecule has 76 valence electrons. The quantitative estimate of drug-likeness (QED) is 0.749. The molecule has 0 saturated carbocycles. The molecule has 0 spiro atoms. The van der Waals surface area contributed by atoms with Gasteiger partial charge in [-0.25, -0.2) is 8.78 Å². The lowest BCUT2D eigenvalue weighted by molar-refractivity contribution is 0.0257. The van der Waals surface area contributed by atoms with Crippen LogP contribution in [0.25, 0.3) is 0 Å². The number of rotatable bonds is 1. The molecule has 1 fully saturated rings. The van der Waals surface area contributed by atoms with Crippen LogP contribution in [0, 0.1) is 0 Å². The lowest BCUT2D eigenvalue weighted by Gasteiger charge is -2.18. The Bertz CT molecular complexity index is 341. The van der Waals surface area contributed by atoms with Gasteiger partial charge < -0.3 is 10.0 Å². The number of phenolic OH excluding ortho intramolecular Hbond substituents is 1. The van der Waals surface area contributed by atoms with Gasteiger partial charge in [0.15, 0.2) is 0 Å². The van der Waals surface area contributed by atoms with Crippen molar-refractivity contribution < 1.29 is 13.9 Å². The highest BCUT2D eigenvalue weighted by Gasteiger charge is 2.38. The summed E-state index contributed by atoms with van der Waals surface area (Å²) in [6.07, 6.45) is -0.138. The van der Waals surface area contributed by atoms with E-state index in [1.54, 1.807) is 18.2 Å². The summed E-state index contributed by atoms with van der Waals surface area (Å²) in [5, 5.41) is 9.45. The molecule has 14 heavy (non-hydrogen) atoms. The lowest BCUT2D eigenvalue weighted by atomic mass is 10.3. The summed E-state index contributed by atoms with van der Waals surface area (Å²) in [5.41, 5.74) is 0.490. The molecular formula is C10H11F2NO. The summed E-state index contributed by atoms with van der Waals surface area (Å²) in [6, 6.07) is 6.56. The van der Waals surface area contributed by atoms with Crippen molar-refractivity contribution in [2.45, 2.75) is 12.3 Å². The molecule has 0 radical (unpaired) electrons. The number of benzene rings is 1. The number of para-hydroxylation sites is 2. The first-order chi connectivity index (χ1) is 6.58. The van der Waals surface area contributed by atoms with Gasteiger partial charge in [-0.05, 0) is 12.1 Å². The number of alkyl halides is 2. The first-order valence-corrected chi connectivity index (χ1v) is 4.49. The maximum atomic E-state index is 12.9. The molecule has 1 aliphatic heterocycles. The molecule has 0 amide bonds. The number of anilines is 1. The van der Waals surface area contributed by atoms with Crippen LogP contribution >= 0.6 is 0 Å². The van der Waals surface area contributed by atoms with Gasteiger partial charge in [0.2, 0.25) is 0 Å². The Labute approximate surface area is 80.8 Å². The zero-order valence-corrected chi connectivity index (χ0v) is 7.58. The molecule has 0 atom stereocenters. The van der Waals surface area contributed by atoms with E-state index in [9.17, 15) is 13.9 Å². The fourth-order valence-electron chi connectivity index (χ4n) is 1.67. The normalized spacial score (nSPS) is 20.0. The topological polar surface area (TPSA) is 23.5 Å². The van der Waals surface area contributed by atoms with Crippen LogP contribution in [0.2, 0.25) is 0 Å². The summed E-state index contributed by atoms with van der Waals surface area (Å²) in [5.74, 6) is -2.56. The van der Waals surface area contributed by atoms with Crippen LogP contribution in [-0.2, 0) is 0 Å². The molecule has 1 aliphatic rings. The summed E-state index contributed by atoms with van der Waals surface area (Å²) in [6.45, 7) is -0.00481. The minimum atomic E-state index is -2.62. The number of aromatic hydroxyl groups is 1. The smallest absolute Gasteiger partial charge is 0.266 e. The molecule has 0 aliphatic carbocycles. The number of phenols is 1. The maximum absolute atomic E-state index is 12.9. The monoisotopic (exact) mass is 199 g/mol. The van der Waals surface area contributed by atoms with E-state index in [4.69, 9.17) is 0 Å². The Balaban J connectivity index is 2.22. The van der Waals surface area contributed by atoms with Crippen molar-refractivity contribution in [2.24, 2.45) is 0 Å². The number of nitrogens with zero attached hydrogens (tertiary/aromatic N) is 1. The van der Waals surface area contributed by atoms with Crippen molar-refractivity contribution in [3.8, 4) is 5.75 Å². The van der Waals surface area contributed by atoms with Crippen LogP contribution in [-0.4, -0.2) is 24.1 Å². The highest BCUT2D eigenvalue weighted by Crippen LogP contribution is 2.34. The van der Waals surface area contributed by atoms with Crippen molar-refractivity contribution in [3.63, 3.8) is 0 Å². The SMILES string of the molecule is Oc1ccccc1N1CCC(F)(F)C1. The van der Waals surface area contributed by atoms with Crippen molar-refractivity contribution in [1.29, 1.82) is 0 Å². The third-order valence-electron chi connectivity index (χ3n) is 2.39. The Morgan fingerprint density at radius 3 is 2.57 bits per heavy atom. The fraction of sp³-hybridized carbons (Fsp3) is 0.400. The van der Waals surface area contributed by atoms with Crippen molar-refractivity contribution >= 4 is 5.69 Å². The molecule has 2 nitrogen and oxygen atoms in total. The van der Waals surface area contributed by atoms with Crippen molar-refractivity contribution in [3.05, 3.63) is 24.3 Å². The molecule has 1 aromatic carbocycles. The standard InChI is InChI=1S/C10H11F2NO/c11-10(12)5-6-13(7-10)8-3-1-2-4-9(8)14/h1-4,14H,5-7H2. The molecule has 0 unspecified atom stereocenters. The predicted octanol–water partition coefficient (Wildman–Crippen LogP) is 2.24. The molecule has 0 aromatic heterocycles. The molecule has 1 heterocycles.